The second-order valence-electron chi connectivity index (χ2n) is 4.03. The molecule has 1 aliphatic rings. The summed E-state index contributed by atoms with van der Waals surface area (Å²) < 4.78 is 17.9. The van der Waals surface area contributed by atoms with Gasteiger partial charge in [-0.15, -0.1) is 0 Å². The van der Waals surface area contributed by atoms with Crippen molar-refractivity contribution in [3.05, 3.63) is 28.8 Å². The van der Waals surface area contributed by atoms with Crippen LogP contribution in [0.3, 0.4) is 0 Å². The summed E-state index contributed by atoms with van der Waals surface area (Å²) in [5, 5.41) is 6.64. The molecule has 19 heavy (non-hydrogen) atoms. The Labute approximate surface area is 113 Å². The molecule has 0 fully saturated rings. The van der Waals surface area contributed by atoms with Gasteiger partial charge < -0.3 is 20.1 Å². The standard InChI is InChI=1S/C11H12N4O3S/c1-6(10-13-14-11(19)15(10)12)18-7-2-3-8-9(4-7)17-5-16-8/h2-4,6H,5,12H2,1H3,(H,14,19). The van der Waals surface area contributed by atoms with Gasteiger partial charge in [0.2, 0.25) is 11.6 Å². The summed E-state index contributed by atoms with van der Waals surface area (Å²) >= 11 is 4.95. The highest BCUT2D eigenvalue weighted by atomic mass is 32.1. The Balaban J connectivity index is 1.81. The van der Waals surface area contributed by atoms with Crippen molar-refractivity contribution in [3.63, 3.8) is 0 Å². The second-order valence-corrected chi connectivity index (χ2v) is 4.42. The van der Waals surface area contributed by atoms with Gasteiger partial charge in [0.25, 0.3) is 0 Å². The van der Waals surface area contributed by atoms with Crippen molar-refractivity contribution in [2.75, 3.05) is 12.6 Å². The van der Waals surface area contributed by atoms with Crippen LogP contribution in [0.15, 0.2) is 18.2 Å². The number of nitrogens with one attached hydrogen (secondary N) is 1. The van der Waals surface area contributed by atoms with Gasteiger partial charge in [0.05, 0.1) is 0 Å². The zero-order chi connectivity index (χ0) is 13.4. The molecule has 3 N–H and O–H groups in total. The maximum Gasteiger partial charge on any atom is 0.231 e. The summed E-state index contributed by atoms with van der Waals surface area (Å²) in [6.45, 7) is 2.06. The number of benzene rings is 1. The summed E-state index contributed by atoms with van der Waals surface area (Å²) in [5.41, 5.74) is 0. The van der Waals surface area contributed by atoms with Gasteiger partial charge in [-0.2, -0.15) is 5.10 Å². The van der Waals surface area contributed by atoms with Gasteiger partial charge in [-0.3, -0.25) is 5.10 Å². The molecule has 0 spiro atoms. The number of rotatable bonds is 3. The monoisotopic (exact) mass is 280 g/mol. The Hall–Kier alpha value is -2.22. The Morgan fingerprint density at radius 2 is 2.26 bits per heavy atom. The number of nitrogen functional groups attached to an aromatic ring is 1. The van der Waals surface area contributed by atoms with Crippen LogP contribution in [0.5, 0.6) is 17.2 Å². The van der Waals surface area contributed by atoms with Crippen LogP contribution in [0.4, 0.5) is 0 Å². The average Bonchev–Trinajstić information content (AvgIpc) is 2.97. The Morgan fingerprint density at radius 3 is 3.00 bits per heavy atom. The number of hydrogen-bond donors (Lipinski definition) is 2. The van der Waals surface area contributed by atoms with E-state index in [4.69, 9.17) is 32.3 Å². The lowest BCUT2D eigenvalue weighted by molar-refractivity contribution is 0.173. The van der Waals surface area contributed by atoms with Crippen LogP contribution in [0.1, 0.15) is 18.9 Å². The van der Waals surface area contributed by atoms with Gasteiger partial charge in [0.1, 0.15) is 5.75 Å². The number of ether oxygens (including phenoxy) is 3. The van der Waals surface area contributed by atoms with E-state index < -0.39 is 0 Å². The lowest BCUT2D eigenvalue weighted by Crippen LogP contribution is -2.17. The maximum atomic E-state index is 5.75. The molecule has 0 bridgehead atoms. The summed E-state index contributed by atoms with van der Waals surface area (Å²) in [6.07, 6.45) is -0.349. The molecule has 1 aromatic carbocycles. The third-order valence-electron chi connectivity index (χ3n) is 2.75. The largest absolute Gasteiger partial charge is 0.483 e. The van der Waals surface area contributed by atoms with Gasteiger partial charge in [0, 0.05) is 6.07 Å². The fraction of sp³-hybridized carbons (Fsp3) is 0.273. The number of H-pyrrole nitrogens is 1. The van der Waals surface area contributed by atoms with Gasteiger partial charge in [-0.1, -0.05) is 0 Å². The Bertz CT molecular complexity index is 666. The molecule has 0 aliphatic carbocycles. The van der Waals surface area contributed by atoms with Gasteiger partial charge in [0.15, 0.2) is 23.4 Å². The number of hydrogen-bond acceptors (Lipinski definition) is 6. The van der Waals surface area contributed by atoms with E-state index in [2.05, 4.69) is 10.2 Å². The molecule has 2 aromatic rings. The van der Waals surface area contributed by atoms with Gasteiger partial charge in [-0.05, 0) is 31.3 Å². The molecule has 1 aromatic heterocycles. The van der Waals surface area contributed by atoms with E-state index in [1.807, 2.05) is 6.92 Å². The minimum atomic E-state index is -0.349. The molecule has 2 heterocycles. The van der Waals surface area contributed by atoms with E-state index in [1.165, 1.54) is 4.68 Å². The topological polar surface area (TPSA) is 87.3 Å². The van der Waals surface area contributed by atoms with Crippen molar-refractivity contribution >= 4 is 12.2 Å². The van der Waals surface area contributed by atoms with E-state index >= 15 is 0 Å². The molecular formula is C11H12N4O3S. The van der Waals surface area contributed by atoms with Crippen molar-refractivity contribution < 1.29 is 14.2 Å². The van der Waals surface area contributed by atoms with E-state index in [9.17, 15) is 0 Å². The van der Waals surface area contributed by atoms with E-state index in [0.29, 0.717) is 27.8 Å². The van der Waals surface area contributed by atoms with Crippen LogP contribution < -0.4 is 20.1 Å². The number of nitrogens with zero attached hydrogens (tertiary/aromatic N) is 2. The molecule has 8 heteroatoms. The van der Waals surface area contributed by atoms with Crippen LogP contribution >= 0.6 is 12.2 Å². The summed E-state index contributed by atoms with van der Waals surface area (Å²) in [5.74, 6) is 8.27. The van der Waals surface area contributed by atoms with Gasteiger partial charge >= 0.3 is 0 Å². The summed E-state index contributed by atoms with van der Waals surface area (Å²) in [7, 11) is 0. The van der Waals surface area contributed by atoms with Crippen molar-refractivity contribution in [1.29, 1.82) is 0 Å². The molecule has 3 rings (SSSR count). The summed E-state index contributed by atoms with van der Waals surface area (Å²) in [6, 6.07) is 5.36. The molecule has 1 unspecified atom stereocenters. The SMILES string of the molecule is CC(Oc1ccc2c(c1)OCO2)c1n[nH]c(=S)n1N. The number of fused-ring (bicyclic) bond motifs is 1. The van der Waals surface area contributed by atoms with Crippen LogP contribution in [0.2, 0.25) is 0 Å². The Morgan fingerprint density at radius 1 is 1.47 bits per heavy atom. The lowest BCUT2D eigenvalue weighted by atomic mass is 10.3. The molecule has 0 amide bonds. The molecule has 100 valence electrons. The predicted octanol–water partition coefficient (Wildman–Crippen LogP) is 1.52. The summed E-state index contributed by atoms with van der Waals surface area (Å²) in [4.78, 5) is 0. The quantitative estimate of drug-likeness (QED) is 0.655. The third-order valence-corrected chi connectivity index (χ3v) is 3.04. The number of aromatic amines is 1. The van der Waals surface area contributed by atoms with Crippen molar-refractivity contribution in [2.24, 2.45) is 0 Å². The smallest absolute Gasteiger partial charge is 0.231 e. The van der Waals surface area contributed by atoms with Crippen LogP contribution in [-0.4, -0.2) is 21.7 Å². The number of aromatic nitrogens is 3. The zero-order valence-electron chi connectivity index (χ0n) is 10.1. The molecule has 0 saturated heterocycles. The highest BCUT2D eigenvalue weighted by Crippen LogP contribution is 2.36. The zero-order valence-corrected chi connectivity index (χ0v) is 10.9. The van der Waals surface area contributed by atoms with E-state index in [0.717, 1.165) is 0 Å². The average molecular weight is 280 g/mol. The minimum absolute atomic E-state index is 0.232. The fourth-order valence-electron chi connectivity index (χ4n) is 1.81. The third kappa shape index (κ3) is 2.10. The molecule has 1 atom stereocenters. The highest BCUT2D eigenvalue weighted by molar-refractivity contribution is 7.71. The van der Waals surface area contributed by atoms with Crippen LogP contribution in [-0.2, 0) is 0 Å². The van der Waals surface area contributed by atoms with Crippen molar-refractivity contribution in [2.45, 2.75) is 13.0 Å². The highest BCUT2D eigenvalue weighted by Gasteiger charge is 2.18. The first-order valence-electron chi connectivity index (χ1n) is 5.64. The fourth-order valence-corrected chi connectivity index (χ4v) is 1.95. The van der Waals surface area contributed by atoms with Crippen LogP contribution in [0, 0.1) is 4.77 Å². The lowest BCUT2D eigenvalue weighted by Gasteiger charge is -2.13. The van der Waals surface area contributed by atoms with Crippen molar-refractivity contribution in [3.8, 4) is 17.2 Å². The Kier molecular flexibility index (Phi) is 2.79. The normalized spacial score (nSPS) is 14.4. The molecule has 0 radical (unpaired) electrons. The molecule has 1 aliphatic heterocycles. The predicted molar refractivity (Wildman–Crippen MR) is 69.2 cm³/mol. The maximum absolute atomic E-state index is 5.75. The first-order valence-corrected chi connectivity index (χ1v) is 6.04. The minimum Gasteiger partial charge on any atom is -0.483 e. The van der Waals surface area contributed by atoms with Crippen LogP contribution in [0.25, 0.3) is 0 Å². The molecule has 7 nitrogen and oxygen atoms in total. The van der Waals surface area contributed by atoms with E-state index in [1.54, 1.807) is 18.2 Å². The van der Waals surface area contributed by atoms with E-state index in [-0.39, 0.29) is 12.9 Å². The van der Waals surface area contributed by atoms with Gasteiger partial charge in [-0.25, -0.2) is 4.68 Å². The molecule has 0 saturated carbocycles. The first-order chi connectivity index (χ1) is 9.15. The van der Waals surface area contributed by atoms with Crippen molar-refractivity contribution in [1.82, 2.24) is 14.9 Å². The molecular weight excluding hydrogens is 268 g/mol. The first kappa shape index (κ1) is 11.8. The number of nitrogens with two attached hydrogens (primary N) is 1. The second kappa shape index (κ2) is 4.47.